The second kappa shape index (κ2) is 6.23. The van der Waals surface area contributed by atoms with E-state index in [-0.39, 0.29) is 5.82 Å². The van der Waals surface area contributed by atoms with Crippen molar-refractivity contribution in [2.75, 3.05) is 18.5 Å². The lowest BCUT2D eigenvalue weighted by Gasteiger charge is -2.20. The first-order valence-corrected chi connectivity index (χ1v) is 7.99. The summed E-state index contributed by atoms with van der Waals surface area (Å²) in [5, 5.41) is 3.30. The van der Waals surface area contributed by atoms with Crippen molar-refractivity contribution in [2.24, 2.45) is 0 Å². The number of anilines is 1. The van der Waals surface area contributed by atoms with E-state index < -0.39 is 0 Å². The first-order valence-electron chi connectivity index (χ1n) is 6.40. The van der Waals surface area contributed by atoms with Crippen molar-refractivity contribution >= 4 is 37.5 Å². The van der Waals surface area contributed by atoms with E-state index in [2.05, 4.69) is 37.2 Å². The van der Waals surface area contributed by atoms with Crippen molar-refractivity contribution in [3.05, 3.63) is 50.7 Å². The zero-order valence-electron chi connectivity index (χ0n) is 11.0. The second-order valence-electron chi connectivity index (χ2n) is 4.58. The highest BCUT2D eigenvalue weighted by molar-refractivity contribution is 9.10. The minimum atomic E-state index is -0.265. The molecular weight excluding hydrogens is 405 g/mol. The van der Waals surface area contributed by atoms with E-state index in [1.165, 1.54) is 6.07 Å². The topological polar surface area (TPSA) is 30.5 Å². The van der Waals surface area contributed by atoms with Crippen molar-refractivity contribution < 1.29 is 13.9 Å². The Morgan fingerprint density at radius 3 is 2.43 bits per heavy atom. The summed E-state index contributed by atoms with van der Waals surface area (Å²) in [7, 11) is 0. The van der Waals surface area contributed by atoms with Crippen LogP contribution in [0.15, 0.2) is 39.3 Å². The molecule has 1 heterocycles. The number of rotatable bonds is 3. The van der Waals surface area contributed by atoms with Crippen molar-refractivity contribution in [1.82, 2.24) is 0 Å². The first-order chi connectivity index (χ1) is 10.1. The fraction of sp³-hybridized carbons (Fsp3) is 0.200. The van der Waals surface area contributed by atoms with Gasteiger partial charge in [-0.05, 0) is 49.6 Å². The smallest absolute Gasteiger partial charge is 0.163 e. The van der Waals surface area contributed by atoms with Crippen LogP contribution >= 0.6 is 31.9 Å². The van der Waals surface area contributed by atoms with Gasteiger partial charge in [0.15, 0.2) is 11.5 Å². The van der Waals surface area contributed by atoms with Crippen molar-refractivity contribution in [1.29, 1.82) is 0 Å². The molecule has 0 unspecified atom stereocenters. The number of fused-ring (bicyclic) bond motifs is 1. The summed E-state index contributed by atoms with van der Waals surface area (Å²) in [6.45, 7) is 1.70. The molecule has 0 bridgehead atoms. The van der Waals surface area contributed by atoms with Gasteiger partial charge in [-0.2, -0.15) is 0 Å². The van der Waals surface area contributed by atoms with Crippen LogP contribution in [-0.2, 0) is 6.54 Å². The standard InChI is InChI=1S/C15H12Br2FNO2/c16-10-5-9(1-2-12(10)18)8-19-13-7-15-14(6-11(13)17)20-3-4-21-15/h1-2,5-7,19H,3-4,8H2. The summed E-state index contributed by atoms with van der Waals surface area (Å²) in [6, 6.07) is 8.74. The summed E-state index contributed by atoms with van der Waals surface area (Å²) in [4.78, 5) is 0. The van der Waals surface area contributed by atoms with Crippen LogP contribution in [0.3, 0.4) is 0 Å². The molecule has 3 rings (SSSR count). The normalized spacial score (nSPS) is 13.1. The predicted molar refractivity (Wildman–Crippen MR) is 86.6 cm³/mol. The van der Waals surface area contributed by atoms with Crippen LogP contribution in [0, 0.1) is 5.82 Å². The number of hydrogen-bond acceptors (Lipinski definition) is 3. The molecule has 1 N–H and O–H groups in total. The third-order valence-electron chi connectivity index (χ3n) is 3.10. The maximum Gasteiger partial charge on any atom is 0.163 e. The summed E-state index contributed by atoms with van der Waals surface area (Å²) < 4.78 is 25.7. The maximum absolute atomic E-state index is 13.2. The molecule has 21 heavy (non-hydrogen) atoms. The minimum absolute atomic E-state index is 0.265. The maximum atomic E-state index is 13.2. The fourth-order valence-corrected chi connectivity index (χ4v) is 2.94. The van der Waals surface area contributed by atoms with Gasteiger partial charge < -0.3 is 14.8 Å². The molecule has 0 atom stereocenters. The summed E-state index contributed by atoms with van der Waals surface area (Å²) >= 11 is 6.70. The highest BCUT2D eigenvalue weighted by Crippen LogP contribution is 2.38. The number of nitrogens with one attached hydrogen (secondary N) is 1. The lowest BCUT2D eigenvalue weighted by molar-refractivity contribution is 0.171. The third-order valence-corrected chi connectivity index (χ3v) is 4.36. The molecule has 1 aliphatic rings. The van der Waals surface area contributed by atoms with Gasteiger partial charge in [0.2, 0.25) is 0 Å². The Labute approximate surface area is 138 Å². The van der Waals surface area contributed by atoms with Gasteiger partial charge in [0, 0.05) is 23.2 Å². The fourth-order valence-electron chi connectivity index (χ4n) is 2.05. The highest BCUT2D eigenvalue weighted by Gasteiger charge is 2.14. The molecule has 0 saturated heterocycles. The second-order valence-corrected chi connectivity index (χ2v) is 6.29. The first kappa shape index (κ1) is 14.7. The Morgan fingerprint density at radius 1 is 1.00 bits per heavy atom. The SMILES string of the molecule is Fc1ccc(CNc2cc3c(cc2Br)OCCO3)cc1Br. The molecule has 0 spiro atoms. The molecule has 3 nitrogen and oxygen atoms in total. The molecule has 0 saturated carbocycles. The molecule has 0 amide bonds. The molecule has 6 heteroatoms. The quantitative estimate of drug-likeness (QED) is 0.784. The Bertz CT molecular complexity index is 679. The zero-order valence-corrected chi connectivity index (χ0v) is 14.1. The van der Waals surface area contributed by atoms with E-state index in [1.807, 2.05) is 12.1 Å². The number of hydrogen-bond donors (Lipinski definition) is 1. The van der Waals surface area contributed by atoms with Gasteiger partial charge in [0.1, 0.15) is 19.0 Å². The van der Waals surface area contributed by atoms with Gasteiger partial charge in [-0.25, -0.2) is 4.39 Å². The average molecular weight is 417 g/mol. The molecule has 0 fully saturated rings. The van der Waals surface area contributed by atoms with Crippen LogP contribution in [0.1, 0.15) is 5.56 Å². The summed E-state index contributed by atoms with van der Waals surface area (Å²) in [6.07, 6.45) is 0. The van der Waals surface area contributed by atoms with Crippen LogP contribution < -0.4 is 14.8 Å². The molecule has 2 aromatic rings. The molecule has 2 aromatic carbocycles. The largest absolute Gasteiger partial charge is 0.486 e. The van der Waals surface area contributed by atoms with Crippen molar-refractivity contribution in [3.63, 3.8) is 0 Å². The lowest BCUT2D eigenvalue weighted by Crippen LogP contribution is -2.15. The van der Waals surface area contributed by atoms with Crippen LogP contribution in [0.5, 0.6) is 11.5 Å². The lowest BCUT2D eigenvalue weighted by atomic mass is 10.2. The Hall–Kier alpha value is -1.27. The van der Waals surface area contributed by atoms with E-state index >= 15 is 0 Å². The molecule has 0 radical (unpaired) electrons. The molecule has 1 aliphatic heterocycles. The van der Waals surface area contributed by atoms with E-state index in [4.69, 9.17) is 9.47 Å². The summed E-state index contributed by atoms with van der Waals surface area (Å²) in [5.74, 6) is 1.20. The van der Waals surface area contributed by atoms with Gasteiger partial charge in [-0.1, -0.05) is 6.07 Å². The molecule has 110 valence electrons. The van der Waals surface area contributed by atoms with Crippen LogP contribution in [0.4, 0.5) is 10.1 Å². The van der Waals surface area contributed by atoms with E-state index in [0.29, 0.717) is 24.2 Å². The minimum Gasteiger partial charge on any atom is -0.486 e. The van der Waals surface area contributed by atoms with Gasteiger partial charge in [-0.15, -0.1) is 0 Å². The Morgan fingerprint density at radius 2 is 1.71 bits per heavy atom. The van der Waals surface area contributed by atoms with Crippen molar-refractivity contribution in [3.8, 4) is 11.5 Å². The van der Waals surface area contributed by atoms with Gasteiger partial charge in [-0.3, -0.25) is 0 Å². The number of benzene rings is 2. The number of halogens is 3. The van der Waals surface area contributed by atoms with Crippen LogP contribution in [-0.4, -0.2) is 13.2 Å². The zero-order chi connectivity index (χ0) is 14.8. The van der Waals surface area contributed by atoms with E-state index in [1.54, 1.807) is 12.1 Å². The van der Waals surface area contributed by atoms with Crippen LogP contribution in [0.25, 0.3) is 0 Å². The van der Waals surface area contributed by atoms with E-state index in [0.717, 1.165) is 27.2 Å². The molecule has 0 aliphatic carbocycles. The highest BCUT2D eigenvalue weighted by atomic mass is 79.9. The Balaban J connectivity index is 1.77. The van der Waals surface area contributed by atoms with Gasteiger partial charge in [0.05, 0.1) is 10.2 Å². The van der Waals surface area contributed by atoms with Gasteiger partial charge in [0.25, 0.3) is 0 Å². The molecule has 0 aromatic heterocycles. The molecular formula is C15H12Br2FNO2. The Kier molecular flexibility index (Phi) is 4.35. The average Bonchev–Trinajstić information content (AvgIpc) is 2.48. The van der Waals surface area contributed by atoms with Crippen molar-refractivity contribution in [2.45, 2.75) is 6.54 Å². The number of ether oxygens (including phenoxy) is 2. The van der Waals surface area contributed by atoms with Crippen LogP contribution in [0.2, 0.25) is 0 Å². The van der Waals surface area contributed by atoms with E-state index in [9.17, 15) is 4.39 Å². The predicted octanol–water partition coefficient (Wildman–Crippen LogP) is 4.73. The van der Waals surface area contributed by atoms with Gasteiger partial charge >= 0.3 is 0 Å². The third kappa shape index (κ3) is 3.32. The monoisotopic (exact) mass is 415 g/mol. The summed E-state index contributed by atoms with van der Waals surface area (Å²) in [5.41, 5.74) is 1.88.